The highest BCUT2D eigenvalue weighted by atomic mass is 35.5. The quantitative estimate of drug-likeness (QED) is 0.767. The molecule has 0 aliphatic heterocycles. The number of aryl methyl sites for hydroxylation is 3. The average molecular weight is 397 g/mol. The molecule has 0 aliphatic rings. The van der Waals surface area contributed by atoms with E-state index in [0.29, 0.717) is 21.8 Å². The van der Waals surface area contributed by atoms with Gasteiger partial charge in [0.05, 0.1) is 17.3 Å². The minimum atomic E-state index is -2.95. The van der Waals surface area contributed by atoms with Crippen LogP contribution in [-0.2, 0) is 4.79 Å². The van der Waals surface area contributed by atoms with Gasteiger partial charge in [-0.25, -0.2) is 0 Å². The third-order valence-corrected chi connectivity index (χ3v) is 4.05. The lowest BCUT2D eigenvalue weighted by Gasteiger charge is -2.13. The van der Waals surface area contributed by atoms with Crippen molar-refractivity contribution >= 4 is 29.1 Å². The van der Waals surface area contributed by atoms with E-state index in [1.165, 1.54) is 12.1 Å². The predicted molar refractivity (Wildman–Crippen MR) is 99.7 cm³/mol. The zero-order valence-corrected chi connectivity index (χ0v) is 15.8. The fraction of sp³-hybridized carbons (Fsp3) is 0.263. The number of anilines is 1. The van der Waals surface area contributed by atoms with Crippen molar-refractivity contribution in [3.8, 4) is 5.75 Å². The first-order chi connectivity index (χ1) is 12.7. The Bertz CT molecular complexity index is 849. The third-order valence-electron chi connectivity index (χ3n) is 3.74. The smallest absolute Gasteiger partial charge is 0.387 e. The van der Waals surface area contributed by atoms with Crippen LogP contribution in [0.3, 0.4) is 0 Å². The van der Waals surface area contributed by atoms with Gasteiger partial charge in [-0.15, -0.1) is 0 Å². The van der Waals surface area contributed by atoms with Gasteiger partial charge in [-0.1, -0.05) is 17.7 Å². The summed E-state index contributed by atoms with van der Waals surface area (Å²) < 4.78 is 29.3. The minimum Gasteiger partial charge on any atom is -0.434 e. The number of hydrogen-bond donors (Lipinski definition) is 2. The van der Waals surface area contributed by atoms with Crippen LogP contribution in [0.5, 0.6) is 5.75 Å². The molecule has 27 heavy (non-hydrogen) atoms. The number of benzene rings is 2. The van der Waals surface area contributed by atoms with Crippen LogP contribution in [0.1, 0.15) is 27.0 Å². The van der Waals surface area contributed by atoms with E-state index in [9.17, 15) is 18.4 Å². The van der Waals surface area contributed by atoms with Crippen LogP contribution in [0.4, 0.5) is 14.5 Å². The molecule has 2 rings (SSSR count). The highest BCUT2D eigenvalue weighted by molar-refractivity contribution is 6.33. The van der Waals surface area contributed by atoms with E-state index in [1.807, 2.05) is 6.92 Å². The van der Waals surface area contributed by atoms with Gasteiger partial charge in [0.15, 0.2) is 0 Å². The molecule has 0 saturated heterocycles. The molecule has 0 radical (unpaired) electrons. The van der Waals surface area contributed by atoms with Gasteiger partial charge in [0, 0.05) is 5.56 Å². The highest BCUT2D eigenvalue weighted by Gasteiger charge is 2.15. The normalized spacial score (nSPS) is 10.6. The van der Waals surface area contributed by atoms with Crippen LogP contribution in [0.15, 0.2) is 30.3 Å². The summed E-state index contributed by atoms with van der Waals surface area (Å²) in [6, 6.07) is 8.04. The molecule has 144 valence electrons. The molecule has 2 aromatic carbocycles. The fourth-order valence-electron chi connectivity index (χ4n) is 2.53. The van der Waals surface area contributed by atoms with Gasteiger partial charge in [-0.3, -0.25) is 9.59 Å². The van der Waals surface area contributed by atoms with Gasteiger partial charge >= 0.3 is 6.61 Å². The van der Waals surface area contributed by atoms with Gasteiger partial charge in [0.1, 0.15) is 5.75 Å². The summed E-state index contributed by atoms with van der Waals surface area (Å²) in [7, 11) is 0. The third kappa shape index (κ3) is 5.65. The SMILES string of the molecule is Cc1ccc(NC(=O)CNC(=O)c2cc(C)c(OC(F)F)c(C)c2)c(Cl)c1. The van der Waals surface area contributed by atoms with Crippen LogP contribution in [0.2, 0.25) is 5.02 Å². The van der Waals surface area contributed by atoms with E-state index in [0.717, 1.165) is 5.56 Å². The molecule has 2 N–H and O–H groups in total. The summed E-state index contributed by atoms with van der Waals surface area (Å²) >= 11 is 6.05. The number of nitrogens with one attached hydrogen (secondary N) is 2. The van der Waals surface area contributed by atoms with E-state index in [2.05, 4.69) is 15.4 Å². The average Bonchev–Trinajstić information content (AvgIpc) is 2.58. The van der Waals surface area contributed by atoms with Crippen LogP contribution < -0.4 is 15.4 Å². The van der Waals surface area contributed by atoms with E-state index < -0.39 is 18.4 Å². The first-order valence-electron chi connectivity index (χ1n) is 8.07. The summed E-state index contributed by atoms with van der Waals surface area (Å²) in [5, 5.41) is 5.49. The second kappa shape index (κ2) is 8.81. The Morgan fingerprint density at radius 1 is 1.11 bits per heavy atom. The summed E-state index contributed by atoms with van der Waals surface area (Å²) in [5.41, 5.74) is 2.44. The molecule has 0 fully saturated rings. The maximum atomic E-state index is 12.4. The molecular weight excluding hydrogens is 378 g/mol. The number of hydrogen-bond acceptors (Lipinski definition) is 3. The molecule has 0 unspecified atom stereocenters. The monoisotopic (exact) mass is 396 g/mol. The topological polar surface area (TPSA) is 67.4 Å². The van der Waals surface area contributed by atoms with Crippen molar-refractivity contribution in [3.05, 3.63) is 57.6 Å². The van der Waals surface area contributed by atoms with Gasteiger partial charge in [0.2, 0.25) is 5.91 Å². The zero-order valence-electron chi connectivity index (χ0n) is 15.0. The van der Waals surface area contributed by atoms with Crippen molar-refractivity contribution in [2.24, 2.45) is 0 Å². The molecule has 2 aromatic rings. The molecule has 5 nitrogen and oxygen atoms in total. The highest BCUT2D eigenvalue weighted by Crippen LogP contribution is 2.26. The minimum absolute atomic E-state index is 0.0355. The molecule has 0 bridgehead atoms. The number of alkyl halides is 2. The number of halogens is 3. The maximum Gasteiger partial charge on any atom is 0.387 e. The summed E-state index contributed by atoms with van der Waals surface area (Å²) in [4.78, 5) is 24.3. The molecule has 0 heterocycles. The largest absolute Gasteiger partial charge is 0.434 e. The van der Waals surface area contributed by atoms with Crippen LogP contribution in [-0.4, -0.2) is 25.0 Å². The molecule has 2 amide bonds. The van der Waals surface area contributed by atoms with Gasteiger partial charge in [-0.05, 0) is 61.7 Å². The molecule has 0 aromatic heterocycles. The van der Waals surface area contributed by atoms with E-state index >= 15 is 0 Å². The second-order valence-electron chi connectivity index (χ2n) is 6.03. The second-order valence-corrected chi connectivity index (χ2v) is 6.44. The molecular formula is C19H19ClF2N2O3. The maximum absolute atomic E-state index is 12.4. The van der Waals surface area contributed by atoms with Gasteiger partial charge in [-0.2, -0.15) is 8.78 Å². The number of carbonyl (C=O) groups is 2. The Morgan fingerprint density at radius 2 is 1.74 bits per heavy atom. The van der Waals surface area contributed by atoms with Crippen molar-refractivity contribution in [2.45, 2.75) is 27.4 Å². The predicted octanol–water partition coefficient (Wildman–Crippen LogP) is 4.24. The molecule has 8 heteroatoms. The number of amides is 2. The Hall–Kier alpha value is -2.67. The molecule has 0 spiro atoms. The summed E-state index contributed by atoms with van der Waals surface area (Å²) in [6.45, 7) is 1.79. The van der Waals surface area contributed by atoms with Crippen molar-refractivity contribution < 1.29 is 23.1 Å². The van der Waals surface area contributed by atoms with Gasteiger partial charge < -0.3 is 15.4 Å². The summed E-state index contributed by atoms with van der Waals surface area (Å²) in [5.74, 6) is -0.913. The van der Waals surface area contributed by atoms with Crippen molar-refractivity contribution in [2.75, 3.05) is 11.9 Å². The summed E-state index contributed by atoms with van der Waals surface area (Å²) in [6.07, 6.45) is 0. The van der Waals surface area contributed by atoms with Crippen LogP contribution in [0, 0.1) is 20.8 Å². The first-order valence-corrected chi connectivity index (χ1v) is 8.45. The van der Waals surface area contributed by atoms with Gasteiger partial charge in [0.25, 0.3) is 5.91 Å². The number of ether oxygens (including phenoxy) is 1. The Kier molecular flexibility index (Phi) is 6.74. The lowest BCUT2D eigenvalue weighted by Crippen LogP contribution is -2.33. The number of rotatable bonds is 6. The zero-order chi connectivity index (χ0) is 20.1. The Morgan fingerprint density at radius 3 is 2.30 bits per heavy atom. The lowest BCUT2D eigenvalue weighted by atomic mass is 10.1. The lowest BCUT2D eigenvalue weighted by molar-refractivity contribution is -0.115. The number of carbonyl (C=O) groups excluding carboxylic acids is 2. The van der Waals surface area contributed by atoms with E-state index in [-0.39, 0.29) is 17.9 Å². The van der Waals surface area contributed by atoms with Crippen LogP contribution in [0.25, 0.3) is 0 Å². The molecule has 0 atom stereocenters. The van der Waals surface area contributed by atoms with Crippen molar-refractivity contribution in [1.82, 2.24) is 5.32 Å². The van der Waals surface area contributed by atoms with E-state index in [1.54, 1.807) is 32.0 Å². The molecule has 0 saturated carbocycles. The fourth-order valence-corrected chi connectivity index (χ4v) is 2.82. The first kappa shape index (κ1) is 20.6. The Balaban J connectivity index is 1.99. The van der Waals surface area contributed by atoms with Crippen molar-refractivity contribution in [1.29, 1.82) is 0 Å². The van der Waals surface area contributed by atoms with E-state index in [4.69, 9.17) is 11.6 Å². The standard InChI is InChI=1S/C19H19ClF2N2O3/c1-10-4-5-15(14(20)6-10)24-16(25)9-23-18(26)13-7-11(2)17(12(3)8-13)27-19(21)22/h4-8,19H,9H2,1-3H3,(H,23,26)(H,24,25). The Labute approximate surface area is 160 Å². The van der Waals surface area contributed by atoms with Crippen LogP contribution >= 0.6 is 11.6 Å². The molecule has 0 aliphatic carbocycles. The van der Waals surface area contributed by atoms with Crippen molar-refractivity contribution in [3.63, 3.8) is 0 Å².